The molecule has 0 bridgehead atoms. The van der Waals surface area contributed by atoms with Gasteiger partial charge in [-0.2, -0.15) is 0 Å². The quantitative estimate of drug-likeness (QED) is 0.541. The number of ether oxygens (including phenoxy) is 1. The Morgan fingerprint density at radius 1 is 0.893 bits per heavy atom. The lowest BCUT2D eigenvalue weighted by Crippen LogP contribution is -2.30. The van der Waals surface area contributed by atoms with E-state index in [-0.39, 0.29) is 12.5 Å². The average Bonchev–Trinajstić information content (AvgIpc) is 2.74. The van der Waals surface area contributed by atoms with Crippen LogP contribution in [0.5, 0.6) is 0 Å². The smallest absolute Gasteiger partial charge is 0.325 e. The fraction of sp³-hybridized carbons (Fsp3) is 0.217. The Balaban J connectivity index is 0.000000363. The van der Waals surface area contributed by atoms with Crippen LogP contribution >= 0.6 is 15.9 Å². The molecule has 28 heavy (non-hydrogen) atoms. The molecule has 3 aromatic rings. The van der Waals surface area contributed by atoms with Crippen molar-refractivity contribution in [1.82, 2.24) is 5.32 Å². The first-order valence-electron chi connectivity index (χ1n) is 9.07. The topological polar surface area (TPSA) is 55.4 Å². The number of carbonyl (C=O) groups excluding carboxylic acids is 2. The van der Waals surface area contributed by atoms with Crippen LogP contribution in [0.25, 0.3) is 10.8 Å². The number of methoxy groups -OCH3 is 1. The summed E-state index contributed by atoms with van der Waals surface area (Å²) in [6.45, 7) is 5.94. The number of nitrogens with one attached hydrogen (secondary N) is 1. The van der Waals surface area contributed by atoms with Gasteiger partial charge in [0.15, 0.2) is 0 Å². The number of amides is 1. The van der Waals surface area contributed by atoms with Crippen molar-refractivity contribution in [2.45, 2.75) is 20.8 Å². The lowest BCUT2D eigenvalue weighted by molar-refractivity contribution is -0.139. The second kappa shape index (κ2) is 12.7. The zero-order valence-corrected chi connectivity index (χ0v) is 18.2. The number of carbonyl (C=O) groups is 2. The lowest BCUT2D eigenvalue weighted by atomic mass is 10.0. The van der Waals surface area contributed by atoms with Crippen molar-refractivity contribution in [3.05, 3.63) is 82.3 Å². The molecule has 0 fully saturated rings. The Hall–Kier alpha value is -2.66. The van der Waals surface area contributed by atoms with Gasteiger partial charge in [0.05, 0.1) is 7.11 Å². The van der Waals surface area contributed by atoms with E-state index in [4.69, 9.17) is 0 Å². The molecule has 1 amide bonds. The largest absolute Gasteiger partial charge is 0.468 e. The molecule has 0 aromatic heterocycles. The Bertz CT molecular complexity index is 895. The van der Waals surface area contributed by atoms with Crippen molar-refractivity contribution < 1.29 is 14.3 Å². The highest BCUT2D eigenvalue weighted by Crippen LogP contribution is 2.26. The highest BCUT2D eigenvalue weighted by atomic mass is 79.9. The molecule has 3 aromatic carbocycles. The van der Waals surface area contributed by atoms with Crippen LogP contribution in [0.15, 0.2) is 71.2 Å². The van der Waals surface area contributed by atoms with Crippen LogP contribution in [0.1, 0.15) is 29.8 Å². The zero-order valence-electron chi connectivity index (χ0n) is 16.7. The molecular weight excluding hydrogens is 418 g/mol. The third kappa shape index (κ3) is 7.16. The standard InChI is InChI=1S/C14H12BrNO3.C7H8.C2H6/c1-19-13(17)8-16-14(18)11-6-7-12(15)10-5-3-2-4-9(10)11;1-7-5-3-2-4-6-7;1-2/h2-7H,8H2,1H3,(H,16,18);2-6H,1H3;1-2H3. The monoisotopic (exact) mass is 443 g/mol. The minimum absolute atomic E-state index is 0.139. The van der Waals surface area contributed by atoms with E-state index in [0.717, 1.165) is 15.2 Å². The van der Waals surface area contributed by atoms with Gasteiger partial charge in [0.1, 0.15) is 6.54 Å². The number of aryl methyl sites for hydroxylation is 1. The first-order valence-corrected chi connectivity index (χ1v) is 9.86. The number of halogens is 1. The fourth-order valence-electron chi connectivity index (χ4n) is 2.31. The van der Waals surface area contributed by atoms with Gasteiger partial charge in [-0.05, 0) is 29.8 Å². The Labute approximate surface area is 175 Å². The van der Waals surface area contributed by atoms with Crippen molar-refractivity contribution in [1.29, 1.82) is 0 Å². The molecule has 0 aliphatic rings. The summed E-state index contributed by atoms with van der Waals surface area (Å²) in [6.07, 6.45) is 0. The van der Waals surface area contributed by atoms with Gasteiger partial charge in [0, 0.05) is 10.0 Å². The highest BCUT2D eigenvalue weighted by Gasteiger charge is 2.12. The molecule has 0 aliphatic carbocycles. The van der Waals surface area contributed by atoms with Gasteiger partial charge in [-0.15, -0.1) is 0 Å². The summed E-state index contributed by atoms with van der Waals surface area (Å²) in [5.41, 5.74) is 1.85. The van der Waals surface area contributed by atoms with Gasteiger partial charge in [-0.3, -0.25) is 9.59 Å². The maximum atomic E-state index is 12.1. The van der Waals surface area contributed by atoms with Gasteiger partial charge in [-0.25, -0.2) is 0 Å². The Morgan fingerprint density at radius 3 is 2.00 bits per heavy atom. The van der Waals surface area contributed by atoms with Crippen LogP contribution in [-0.2, 0) is 9.53 Å². The minimum atomic E-state index is -0.477. The van der Waals surface area contributed by atoms with E-state index < -0.39 is 5.97 Å². The summed E-state index contributed by atoms with van der Waals surface area (Å²) in [6, 6.07) is 21.4. The number of hydrogen-bond donors (Lipinski definition) is 1. The van der Waals surface area contributed by atoms with Crippen LogP contribution < -0.4 is 5.32 Å². The first kappa shape index (κ1) is 23.4. The molecular formula is C23H26BrNO3. The molecule has 0 radical (unpaired) electrons. The van der Waals surface area contributed by atoms with Crippen LogP contribution in [-0.4, -0.2) is 25.5 Å². The van der Waals surface area contributed by atoms with E-state index in [1.165, 1.54) is 12.7 Å². The summed E-state index contributed by atoms with van der Waals surface area (Å²) in [7, 11) is 1.28. The van der Waals surface area contributed by atoms with Crippen molar-refractivity contribution in [2.75, 3.05) is 13.7 Å². The van der Waals surface area contributed by atoms with Gasteiger partial charge in [0.2, 0.25) is 0 Å². The first-order chi connectivity index (χ1) is 13.5. The van der Waals surface area contributed by atoms with Gasteiger partial charge < -0.3 is 10.1 Å². The molecule has 0 aliphatic heterocycles. The van der Waals surface area contributed by atoms with Crippen LogP contribution in [0.2, 0.25) is 0 Å². The highest BCUT2D eigenvalue weighted by molar-refractivity contribution is 9.10. The number of esters is 1. The predicted octanol–water partition coefficient (Wildman–Crippen LogP) is 5.53. The third-order valence-corrected chi connectivity index (χ3v) is 4.37. The molecule has 0 spiro atoms. The fourth-order valence-corrected chi connectivity index (χ4v) is 2.79. The van der Waals surface area contributed by atoms with E-state index in [9.17, 15) is 9.59 Å². The molecule has 5 heteroatoms. The van der Waals surface area contributed by atoms with E-state index in [0.29, 0.717) is 5.56 Å². The van der Waals surface area contributed by atoms with Crippen LogP contribution in [0, 0.1) is 6.92 Å². The molecule has 148 valence electrons. The van der Waals surface area contributed by atoms with Crippen molar-refractivity contribution >= 4 is 38.6 Å². The second-order valence-electron chi connectivity index (χ2n) is 5.55. The molecule has 0 heterocycles. The lowest BCUT2D eigenvalue weighted by Gasteiger charge is -2.08. The van der Waals surface area contributed by atoms with Gasteiger partial charge in [-0.1, -0.05) is 89.9 Å². The number of rotatable bonds is 3. The molecule has 0 saturated carbocycles. The van der Waals surface area contributed by atoms with Crippen molar-refractivity contribution in [3.63, 3.8) is 0 Å². The predicted molar refractivity (Wildman–Crippen MR) is 119 cm³/mol. The summed E-state index contributed by atoms with van der Waals surface area (Å²) < 4.78 is 5.41. The minimum Gasteiger partial charge on any atom is -0.468 e. The summed E-state index contributed by atoms with van der Waals surface area (Å²) in [4.78, 5) is 23.1. The molecule has 0 saturated heterocycles. The van der Waals surface area contributed by atoms with E-state index in [1.54, 1.807) is 6.07 Å². The SMILES string of the molecule is CC.COC(=O)CNC(=O)c1ccc(Br)c2ccccc12.Cc1ccccc1. The van der Waals surface area contributed by atoms with E-state index in [2.05, 4.69) is 45.0 Å². The Morgan fingerprint density at radius 2 is 1.46 bits per heavy atom. The maximum Gasteiger partial charge on any atom is 0.325 e. The van der Waals surface area contributed by atoms with Crippen LogP contribution in [0.4, 0.5) is 0 Å². The molecule has 4 nitrogen and oxygen atoms in total. The molecule has 0 unspecified atom stereocenters. The number of fused-ring (bicyclic) bond motifs is 1. The van der Waals surface area contributed by atoms with Gasteiger partial charge in [0.25, 0.3) is 5.91 Å². The average molecular weight is 444 g/mol. The van der Waals surface area contributed by atoms with Crippen molar-refractivity contribution in [3.8, 4) is 0 Å². The summed E-state index contributed by atoms with van der Waals surface area (Å²) >= 11 is 3.45. The summed E-state index contributed by atoms with van der Waals surface area (Å²) in [5, 5.41) is 4.32. The normalized spacial score (nSPS) is 9.32. The van der Waals surface area contributed by atoms with E-state index in [1.807, 2.05) is 62.4 Å². The summed E-state index contributed by atoms with van der Waals surface area (Å²) in [5.74, 6) is -0.774. The number of hydrogen-bond acceptors (Lipinski definition) is 3. The Kier molecular flexibility index (Phi) is 10.6. The van der Waals surface area contributed by atoms with Crippen LogP contribution in [0.3, 0.4) is 0 Å². The molecule has 1 N–H and O–H groups in total. The zero-order chi connectivity index (χ0) is 20.9. The second-order valence-corrected chi connectivity index (χ2v) is 6.41. The third-order valence-electron chi connectivity index (χ3n) is 3.68. The molecule has 3 rings (SSSR count). The van der Waals surface area contributed by atoms with Gasteiger partial charge >= 0.3 is 5.97 Å². The van der Waals surface area contributed by atoms with E-state index >= 15 is 0 Å². The van der Waals surface area contributed by atoms with Crippen molar-refractivity contribution in [2.24, 2.45) is 0 Å². The molecule has 0 atom stereocenters. The maximum absolute atomic E-state index is 12.1. The number of benzene rings is 3.